The highest BCUT2D eigenvalue weighted by Gasteiger charge is 2.61. The molecule has 7 fully saturated rings. The standard InChI is InChI=1S/C86H114N2O8/c1-56(19-35-79(89)92-11)58(3)83(7)41-39-74-65(53-83)27-28-66-51-68(37-42-84(66,74)8)94-54-63-17-13-15-59(47-63)21-23-61-25-30-70-71-31-26-62(50-78(71)88(77(70)49-61)46-45-87-81(91)96-82(4,5)6)24-22-60-16-14-18-64(48-60)55-95-69-38-43-85(9)67(52-69)29-32-72-75-34-33-73(57(2)20-36-80(90)93-12)86(75,10)44-40-76(72)85/h13-18,25-26,30-31,47-50,56-58,65-69,72-76H,19-20,27-29,32-46,51-55H2,1-12H3,(H,87,91)/t56-,57-,58?,65+,66-,67-,68-,69-,72+,73?,74?,75+,76?,83?,84?,85?,86?/m1/s1. The molecule has 96 heavy (non-hydrogen) atoms. The Hall–Kier alpha value is -6.07. The van der Waals surface area contributed by atoms with Crippen molar-refractivity contribution >= 4 is 39.8 Å². The van der Waals surface area contributed by atoms with Crippen LogP contribution in [0, 0.1) is 110 Å². The summed E-state index contributed by atoms with van der Waals surface area (Å²) in [6.07, 6.45) is 24.7. The molecule has 12 rings (SSSR count). The summed E-state index contributed by atoms with van der Waals surface area (Å²) in [6, 6.07) is 30.1. The van der Waals surface area contributed by atoms with E-state index in [2.05, 4.69) is 167 Å². The third-order valence-electron chi connectivity index (χ3n) is 27.3. The molecule has 0 spiro atoms. The van der Waals surface area contributed by atoms with Gasteiger partial charge in [-0.25, -0.2) is 4.79 Å². The molecule has 10 nitrogen and oxygen atoms in total. The van der Waals surface area contributed by atoms with Crippen LogP contribution in [-0.2, 0) is 53.0 Å². The molecule has 0 bridgehead atoms. The lowest BCUT2D eigenvalue weighted by molar-refractivity contribution is -0.142. The number of carbonyl (C=O) groups is 3. The average Bonchev–Trinajstić information content (AvgIpc) is 1.09. The smallest absolute Gasteiger partial charge is 0.407 e. The van der Waals surface area contributed by atoms with Crippen LogP contribution in [0.2, 0.25) is 0 Å². The molecule has 0 radical (unpaired) electrons. The van der Waals surface area contributed by atoms with Crippen LogP contribution >= 0.6 is 0 Å². The number of alkyl carbamates (subject to hydrolysis) is 1. The van der Waals surface area contributed by atoms with Crippen LogP contribution in [0.15, 0.2) is 84.9 Å². The number of carbonyl (C=O) groups excluding carboxylic acids is 3. The van der Waals surface area contributed by atoms with Gasteiger partial charge in [-0.3, -0.25) is 9.59 Å². The number of benzene rings is 4. The van der Waals surface area contributed by atoms with E-state index >= 15 is 0 Å². The minimum Gasteiger partial charge on any atom is -0.469 e. The Labute approximate surface area is 576 Å². The zero-order chi connectivity index (χ0) is 67.7. The molecule has 1 heterocycles. The van der Waals surface area contributed by atoms with Crippen molar-refractivity contribution in [1.82, 2.24) is 9.88 Å². The third kappa shape index (κ3) is 14.9. The fraction of sp³-hybridized carbons (Fsp3) is 0.640. The van der Waals surface area contributed by atoms with Gasteiger partial charge in [-0.1, -0.05) is 109 Å². The van der Waals surface area contributed by atoms with Gasteiger partial charge in [-0.15, -0.1) is 0 Å². The monoisotopic (exact) mass is 1300 g/mol. The molecule has 1 amide bonds. The summed E-state index contributed by atoms with van der Waals surface area (Å²) >= 11 is 0. The van der Waals surface area contributed by atoms with Gasteiger partial charge in [0.2, 0.25) is 0 Å². The van der Waals surface area contributed by atoms with E-state index < -0.39 is 11.7 Å². The zero-order valence-corrected chi connectivity index (χ0v) is 60.5. The van der Waals surface area contributed by atoms with E-state index in [-0.39, 0.29) is 24.1 Å². The highest BCUT2D eigenvalue weighted by Crippen LogP contribution is 2.69. The summed E-state index contributed by atoms with van der Waals surface area (Å²) < 4.78 is 31.6. The SMILES string of the molecule is COC(=O)CC[C@@H](C)C(C)C1(C)CCC2[C@@H](CC[C@@H]3C[C@H](OCc4cccc(C#Cc5ccc6c7ccc(C#Cc8cccc(CO[C@@H]9CCC%10(C)C%11CCC%12(C)C([C@H](C)CCC(=O)OC)CC[C@H]%12[C@@H]%11CC[C@@H]%10C9)c8)cc7n(CCNC(=O)OC(C)(C)C)c6c5)c4)CCC23C)C1. The van der Waals surface area contributed by atoms with E-state index in [1.807, 2.05) is 20.8 Å². The van der Waals surface area contributed by atoms with Crippen LogP contribution in [0.1, 0.15) is 237 Å². The van der Waals surface area contributed by atoms with Crippen LogP contribution in [0.5, 0.6) is 0 Å². The minimum atomic E-state index is -0.601. The normalized spacial score (nSPS) is 31.7. The Morgan fingerprint density at radius 3 is 1.68 bits per heavy atom. The van der Waals surface area contributed by atoms with Crippen LogP contribution in [-0.4, -0.2) is 61.2 Å². The van der Waals surface area contributed by atoms with E-state index in [0.29, 0.717) is 96.3 Å². The summed E-state index contributed by atoms with van der Waals surface area (Å²) in [5.41, 5.74) is 9.06. The van der Waals surface area contributed by atoms with Crippen molar-refractivity contribution in [1.29, 1.82) is 0 Å². The highest BCUT2D eigenvalue weighted by atomic mass is 16.6. The van der Waals surface area contributed by atoms with Gasteiger partial charge in [0.15, 0.2) is 0 Å². The van der Waals surface area contributed by atoms with Gasteiger partial charge in [0.25, 0.3) is 0 Å². The predicted octanol–water partition coefficient (Wildman–Crippen LogP) is 19.4. The number of fused-ring (bicyclic) bond motifs is 11. The summed E-state index contributed by atoms with van der Waals surface area (Å²) in [5.74, 6) is 21.7. The van der Waals surface area contributed by atoms with E-state index in [4.69, 9.17) is 23.7 Å². The molecule has 4 aromatic carbocycles. The number of rotatable bonds is 18. The molecule has 7 aliphatic rings. The second-order valence-electron chi connectivity index (χ2n) is 33.8. The second-order valence-corrected chi connectivity index (χ2v) is 33.8. The first-order valence-electron chi connectivity index (χ1n) is 37.6. The van der Waals surface area contributed by atoms with Gasteiger partial charge >= 0.3 is 18.0 Å². The van der Waals surface area contributed by atoms with Gasteiger partial charge in [0, 0.05) is 59.0 Å². The van der Waals surface area contributed by atoms with Crippen LogP contribution < -0.4 is 5.32 Å². The molecule has 7 aliphatic carbocycles. The van der Waals surface area contributed by atoms with Crippen molar-refractivity contribution in [3.63, 3.8) is 0 Å². The topological polar surface area (TPSA) is 114 Å². The number of hydrogen-bond donors (Lipinski definition) is 1. The first-order valence-corrected chi connectivity index (χ1v) is 37.6. The molecule has 10 heteroatoms. The Bertz CT molecular complexity index is 3740. The van der Waals surface area contributed by atoms with E-state index in [1.165, 1.54) is 97.7 Å². The zero-order valence-electron chi connectivity index (χ0n) is 60.5. The molecular formula is C86H114N2O8. The Morgan fingerprint density at radius 1 is 0.583 bits per heavy atom. The van der Waals surface area contributed by atoms with Crippen molar-refractivity contribution in [2.45, 2.75) is 242 Å². The molecule has 5 aromatic rings. The predicted molar refractivity (Wildman–Crippen MR) is 385 cm³/mol. The maximum absolute atomic E-state index is 12.9. The van der Waals surface area contributed by atoms with Crippen LogP contribution in [0.25, 0.3) is 21.8 Å². The lowest BCUT2D eigenvalue weighted by Crippen LogP contribution is -2.54. The maximum Gasteiger partial charge on any atom is 0.407 e. The van der Waals surface area contributed by atoms with E-state index in [0.717, 1.165) is 123 Å². The molecule has 0 saturated heterocycles. The average molecular weight is 1300 g/mol. The number of ether oxygens (including phenoxy) is 5. The number of amides is 1. The summed E-state index contributed by atoms with van der Waals surface area (Å²) in [5, 5.41) is 5.25. The third-order valence-corrected chi connectivity index (χ3v) is 27.3. The number of aromatic nitrogens is 1. The quantitative estimate of drug-likeness (QED) is 0.0524. The van der Waals surface area contributed by atoms with E-state index in [9.17, 15) is 14.4 Å². The summed E-state index contributed by atoms with van der Waals surface area (Å²) in [4.78, 5) is 36.9. The molecule has 7 saturated carbocycles. The molecular weight excluding hydrogens is 1190 g/mol. The van der Waals surface area contributed by atoms with Crippen LogP contribution in [0.4, 0.5) is 4.79 Å². The molecule has 8 unspecified atom stereocenters. The lowest BCUT2D eigenvalue weighted by atomic mass is 9.44. The number of nitrogens with one attached hydrogen (secondary N) is 1. The Kier molecular flexibility index (Phi) is 21.1. The van der Waals surface area contributed by atoms with E-state index in [1.54, 1.807) is 0 Å². The fourth-order valence-corrected chi connectivity index (χ4v) is 21.7. The van der Waals surface area contributed by atoms with Gasteiger partial charge in [0.05, 0.1) is 50.7 Å². The maximum atomic E-state index is 12.9. The Morgan fingerprint density at radius 2 is 1.10 bits per heavy atom. The highest BCUT2D eigenvalue weighted by molar-refractivity contribution is 6.08. The molecule has 516 valence electrons. The Balaban J connectivity index is 0.670. The minimum absolute atomic E-state index is 0.0695. The van der Waals surface area contributed by atoms with Crippen molar-refractivity contribution in [3.8, 4) is 23.7 Å². The molecule has 0 aliphatic heterocycles. The second kappa shape index (κ2) is 29.0. The summed E-state index contributed by atoms with van der Waals surface area (Å²) in [6.45, 7) is 25.4. The molecule has 17 atom stereocenters. The number of nitrogens with zero attached hydrogens (tertiary/aromatic N) is 1. The largest absolute Gasteiger partial charge is 0.469 e. The van der Waals surface area contributed by atoms with Crippen molar-refractivity contribution in [3.05, 3.63) is 118 Å². The fourth-order valence-electron chi connectivity index (χ4n) is 21.7. The van der Waals surface area contributed by atoms with Crippen molar-refractivity contribution in [2.75, 3.05) is 20.8 Å². The number of esters is 2. The first-order chi connectivity index (χ1) is 45.9. The van der Waals surface area contributed by atoms with Gasteiger partial charge in [-0.2, -0.15) is 0 Å². The summed E-state index contributed by atoms with van der Waals surface area (Å²) in [7, 11) is 3.01. The van der Waals surface area contributed by atoms with Gasteiger partial charge in [-0.05, 0) is 289 Å². The van der Waals surface area contributed by atoms with Gasteiger partial charge < -0.3 is 33.6 Å². The first kappa shape index (κ1) is 69.8. The lowest BCUT2D eigenvalue weighted by Gasteiger charge is -2.61. The molecule has 1 aromatic heterocycles. The number of methoxy groups -OCH3 is 2. The molecule has 1 N–H and O–H groups in total. The number of hydrogen-bond acceptors (Lipinski definition) is 8. The van der Waals surface area contributed by atoms with Gasteiger partial charge in [0.1, 0.15) is 5.60 Å². The van der Waals surface area contributed by atoms with Crippen molar-refractivity contribution in [2.24, 2.45) is 86.8 Å². The van der Waals surface area contributed by atoms with Crippen LogP contribution in [0.3, 0.4) is 0 Å². The van der Waals surface area contributed by atoms with Crippen molar-refractivity contribution < 1.29 is 38.1 Å².